The standard InChI is InChI=1S/C21H29FN4O2S.HI/c1-16(2)10-11-24-21(23-3)25-14-18-7-5-9-20(13-18)29(27,28)26-15-17-6-4-8-19(22)12-17;/h4-9,12-13,16,26H,10-11,14-15H2,1-3H3,(H2,23,24,25);1H. The summed E-state index contributed by atoms with van der Waals surface area (Å²) in [6.45, 7) is 5.59. The van der Waals surface area contributed by atoms with Crippen LogP contribution in [0.1, 0.15) is 31.4 Å². The quantitative estimate of drug-likeness (QED) is 0.254. The normalized spacial score (nSPS) is 11.8. The van der Waals surface area contributed by atoms with Gasteiger partial charge in [0, 0.05) is 26.7 Å². The molecule has 0 aliphatic rings. The molecule has 9 heteroatoms. The largest absolute Gasteiger partial charge is 0.356 e. The van der Waals surface area contributed by atoms with E-state index in [1.807, 2.05) is 6.07 Å². The third-order valence-electron chi connectivity index (χ3n) is 4.26. The van der Waals surface area contributed by atoms with Crippen molar-refractivity contribution in [3.8, 4) is 0 Å². The van der Waals surface area contributed by atoms with Crippen LogP contribution in [0, 0.1) is 11.7 Å². The molecule has 0 aliphatic heterocycles. The molecule has 2 aromatic rings. The van der Waals surface area contributed by atoms with Gasteiger partial charge in [-0.3, -0.25) is 4.99 Å². The monoisotopic (exact) mass is 548 g/mol. The van der Waals surface area contributed by atoms with E-state index in [-0.39, 0.29) is 35.4 Å². The Bertz CT molecular complexity index is 936. The first-order valence-electron chi connectivity index (χ1n) is 9.57. The van der Waals surface area contributed by atoms with Gasteiger partial charge in [0.15, 0.2) is 5.96 Å². The van der Waals surface area contributed by atoms with Crippen LogP contribution in [-0.4, -0.2) is 28.0 Å². The first-order valence-corrected chi connectivity index (χ1v) is 11.1. The highest BCUT2D eigenvalue weighted by atomic mass is 127. The minimum absolute atomic E-state index is 0. The second-order valence-corrected chi connectivity index (χ2v) is 8.90. The number of benzene rings is 2. The van der Waals surface area contributed by atoms with Gasteiger partial charge in [-0.2, -0.15) is 0 Å². The van der Waals surface area contributed by atoms with Crippen LogP contribution in [0.4, 0.5) is 4.39 Å². The van der Waals surface area contributed by atoms with Crippen LogP contribution in [0.2, 0.25) is 0 Å². The summed E-state index contributed by atoms with van der Waals surface area (Å²) in [7, 11) is -2.01. The van der Waals surface area contributed by atoms with Crippen molar-refractivity contribution in [2.45, 2.75) is 38.3 Å². The predicted molar refractivity (Wildman–Crippen MR) is 130 cm³/mol. The van der Waals surface area contributed by atoms with Gasteiger partial charge in [-0.15, -0.1) is 24.0 Å². The number of rotatable bonds is 9. The van der Waals surface area contributed by atoms with Gasteiger partial charge in [-0.25, -0.2) is 17.5 Å². The van der Waals surface area contributed by atoms with Crippen LogP contribution in [-0.2, 0) is 23.1 Å². The van der Waals surface area contributed by atoms with Gasteiger partial charge >= 0.3 is 0 Å². The topological polar surface area (TPSA) is 82.6 Å². The molecule has 0 spiro atoms. The fraction of sp³-hybridized carbons (Fsp3) is 0.381. The SMILES string of the molecule is CN=C(NCCC(C)C)NCc1cccc(S(=O)(=O)NCc2cccc(F)c2)c1.I. The van der Waals surface area contributed by atoms with Gasteiger partial charge in [-0.05, 0) is 47.7 Å². The first-order chi connectivity index (χ1) is 13.8. The number of nitrogens with zero attached hydrogens (tertiary/aromatic N) is 1. The van der Waals surface area contributed by atoms with Gasteiger partial charge in [0.1, 0.15) is 5.82 Å². The molecule has 2 aromatic carbocycles. The zero-order valence-corrected chi connectivity index (χ0v) is 20.6. The minimum atomic E-state index is -3.71. The maximum atomic E-state index is 13.3. The van der Waals surface area contributed by atoms with Crippen LogP contribution >= 0.6 is 24.0 Å². The molecule has 0 fully saturated rings. The van der Waals surface area contributed by atoms with Crippen molar-refractivity contribution in [3.05, 3.63) is 65.5 Å². The number of hydrogen-bond acceptors (Lipinski definition) is 3. The molecule has 0 aliphatic carbocycles. The van der Waals surface area contributed by atoms with Gasteiger partial charge in [0.2, 0.25) is 10.0 Å². The van der Waals surface area contributed by atoms with E-state index in [0.29, 0.717) is 24.0 Å². The molecule has 0 unspecified atom stereocenters. The summed E-state index contributed by atoms with van der Waals surface area (Å²) in [5.74, 6) is 0.871. The van der Waals surface area contributed by atoms with E-state index in [0.717, 1.165) is 18.5 Å². The number of hydrogen-bond donors (Lipinski definition) is 3. The molecule has 30 heavy (non-hydrogen) atoms. The number of guanidine groups is 1. The molecule has 0 saturated heterocycles. The molecule has 0 radical (unpaired) electrons. The number of sulfonamides is 1. The molecule has 6 nitrogen and oxygen atoms in total. The van der Waals surface area contributed by atoms with Crippen LogP contribution in [0.3, 0.4) is 0 Å². The Morgan fingerprint density at radius 1 is 1.03 bits per heavy atom. The minimum Gasteiger partial charge on any atom is -0.356 e. The molecule has 0 bridgehead atoms. The van der Waals surface area contributed by atoms with Crippen molar-refractivity contribution >= 4 is 40.0 Å². The Hall–Kier alpha value is -1.72. The molecule has 2 rings (SSSR count). The third-order valence-corrected chi connectivity index (χ3v) is 5.66. The summed E-state index contributed by atoms with van der Waals surface area (Å²) in [6, 6.07) is 12.5. The summed E-state index contributed by atoms with van der Waals surface area (Å²) < 4.78 is 40.9. The van der Waals surface area contributed by atoms with E-state index in [1.165, 1.54) is 18.2 Å². The highest BCUT2D eigenvalue weighted by molar-refractivity contribution is 14.0. The van der Waals surface area contributed by atoms with Gasteiger partial charge in [0.25, 0.3) is 0 Å². The highest BCUT2D eigenvalue weighted by Crippen LogP contribution is 2.13. The fourth-order valence-corrected chi connectivity index (χ4v) is 3.70. The second-order valence-electron chi connectivity index (χ2n) is 7.14. The molecule has 0 saturated carbocycles. The van der Waals surface area contributed by atoms with Crippen LogP contribution in [0.5, 0.6) is 0 Å². The maximum absolute atomic E-state index is 13.3. The average Bonchev–Trinajstić information content (AvgIpc) is 2.69. The first kappa shape index (κ1) is 26.3. The fourth-order valence-electron chi connectivity index (χ4n) is 2.62. The molecule has 0 heterocycles. The molecule has 166 valence electrons. The highest BCUT2D eigenvalue weighted by Gasteiger charge is 2.14. The maximum Gasteiger partial charge on any atom is 0.240 e. The Morgan fingerprint density at radius 3 is 2.33 bits per heavy atom. The lowest BCUT2D eigenvalue weighted by molar-refractivity contribution is 0.573. The lowest BCUT2D eigenvalue weighted by Gasteiger charge is -2.13. The smallest absolute Gasteiger partial charge is 0.240 e. The number of nitrogens with one attached hydrogen (secondary N) is 3. The van der Waals surface area contributed by atoms with Crippen molar-refractivity contribution in [2.24, 2.45) is 10.9 Å². The van der Waals surface area contributed by atoms with Crippen molar-refractivity contribution in [3.63, 3.8) is 0 Å². The average molecular weight is 548 g/mol. The van der Waals surface area contributed by atoms with E-state index >= 15 is 0 Å². The summed E-state index contributed by atoms with van der Waals surface area (Å²) >= 11 is 0. The zero-order chi connectivity index (χ0) is 21.3. The van der Waals surface area contributed by atoms with Crippen LogP contribution in [0.15, 0.2) is 58.4 Å². The summed E-state index contributed by atoms with van der Waals surface area (Å²) in [4.78, 5) is 4.34. The molecular weight excluding hydrogens is 518 g/mol. The van der Waals surface area contributed by atoms with Crippen molar-refractivity contribution in [1.82, 2.24) is 15.4 Å². The summed E-state index contributed by atoms with van der Waals surface area (Å²) in [5.41, 5.74) is 1.37. The van der Waals surface area contributed by atoms with Crippen LogP contribution < -0.4 is 15.4 Å². The van der Waals surface area contributed by atoms with Gasteiger partial charge in [-0.1, -0.05) is 38.1 Å². The second kappa shape index (κ2) is 12.9. The van der Waals surface area contributed by atoms with Crippen molar-refractivity contribution in [1.29, 1.82) is 0 Å². The van der Waals surface area contributed by atoms with Crippen molar-refractivity contribution in [2.75, 3.05) is 13.6 Å². The van der Waals surface area contributed by atoms with Gasteiger partial charge in [0.05, 0.1) is 4.90 Å². The van der Waals surface area contributed by atoms with E-state index in [2.05, 4.69) is 34.2 Å². The van der Waals surface area contributed by atoms with E-state index < -0.39 is 15.8 Å². The molecule has 0 aromatic heterocycles. The Balaban J connectivity index is 0.00000450. The Morgan fingerprint density at radius 2 is 1.70 bits per heavy atom. The van der Waals surface area contributed by atoms with E-state index in [4.69, 9.17) is 0 Å². The van der Waals surface area contributed by atoms with Crippen LogP contribution in [0.25, 0.3) is 0 Å². The third kappa shape index (κ3) is 8.97. The molecular formula is C21H30FIN4O2S. The lowest BCUT2D eigenvalue weighted by atomic mass is 10.1. The summed E-state index contributed by atoms with van der Waals surface area (Å²) in [5, 5.41) is 6.42. The summed E-state index contributed by atoms with van der Waals surface area (Å²) in [6.07, 6.45) is 1.03. The molecule has 0 atom stereocenters. The Kier molecular flexibility index (Phi) is 11.3. The Labute approximate surface area is 195 Å². The number of aliphatic imine (C=N–C) groups is 1. The molecule has 0 amide bonds. The number of halogens is 2. The van der Waals surface area contributed by atoms with Crippen molar-refractivity contribution < 1.29 is 12.8 Å². The van der Waals surface area contributed by atoms with Gasteiger partial charge < -0.3 is 10.6 Å². The zero-order valence-electron chi connectivity index (χ0n) is 17.5. The van der Waals surface area contributed by atoms with E-state index in [1.54, 1.807) is 31.3 Å². The predicted octanol–water partition coefficient (Wildman–Crippen LogP) is 3.63. The van der Waals surface area contributed by atoms with E-state index in [9.17, 15) is 12.8 Å². The molecule has 3 N–H and O–H groups in total. The lowest BCUT2D eigenvalue weighted by Crippen LogP contribution is -2.37.